The molecule has 2 rings (SSSR count). The summed E-state index contributed by atoms with van der Waals surface area (Å²) in [5.41, 5.74) is 1.19. The highest BCUT2D eigenvalue weighted by Gasteiger charge is 2.17. The van der Waals surface area contributed by atoms with Gasteiger partial charge in [0.05, 0.1) is 6.61 Å². The SMILES string of the molecule is CN(CCCNC(=O)N(CCO)CCC1CCCCC1)c1ccccc1. The van der Waals surface area contributed by atoms with Crippen LogP contribution in [-0.2, 0) is 0 Å². The molecule has 2 N–H and O–H groups in total. The first-order valence-electron chi connectivity index (χ1n) is 10.1. The predicted molar refractivity (Wildman–Crippen MR) is 108 cm³/mol. The van der Waals surface area contributed by atoms with Gasteiger partial charge in [0, 0.05) is 38.9 Å². The molecule has 2 amide bonds. The molecule has 1 aliphatic carbocycles. The number of carbonyl (C=O) groups excluding carboxylic acids is 1. The maximum Gasteiger partial charge on any atom is 0.317 e. The van der Waals surface area contributed by atoms with Gasteiger partial charge >= 0.3 is 6.03 Å². The summed E-state index contributed by atoms with van der Waals surface area (Å²) in [5, 5.41) is 12.3. The number of nitrogens with one attached hydrogen (secondary N) is 1. The molecule has 146 valence electrons. The van der Waals surface area contributed by atoms with Crippen molar-refractivity contribution >= 4 is 11.7 Å². The molecule has 0 radical (unpaired) electrons. The Morgan fingerprint density at radius 1 is 1.12 bits per heavy atom. The Morgan fingerprint density at radius 2 is 1.85 bits per heavy atom. The second-order valence-electron chi connectivity index (χ2n) is 7.35. The van der Waals surface area contributed by atoms with Gasteiger partial charge in [0.1, 0.15) is 0 Å². The van der Waals surface area contributed by atoms with E-state index in [2.05, 4.69) is 29.4 Å². The summed E-state index contributed by atoms with van der Waals surface area (Å²) >= 11 is 0. The highest BCUT2D eigenvalue weighted by molar-refractivity contribution is 5.74. The molecule has 5 nitrogen and oxygen atoms in total. The smallest absolute Gasteiger partial charge is 0.317 e. The van der Waals surface area contributed by atoms with Crippen LogP contribution in [0.1, 0.15) is 44.9 Å². The number of rotatable bonds is 10. The molecule has 0 bridgehead atoms. The van der Waals surface area contributed by atoms with Crippen LogP contribution in [-0.4, -0.2) is 55.9 Å². The molecule has 1 aromatic rings. The zero-order valence-corrected chi connectivity index (χ0v) is 16.2. The Bertz CT molecular complexity index is 503. The third kappa shape index (κ3) is 7.24. The fourth-order valence-electron chi connectivity index (χ4n) is 3.68. The van der Waals surface area contributed by atoms with E-state index in [1.54, 1.807) is 4.90 Å². The molecule has 0 atom stereocenters. The number of urea groups is 1. The van der Waals surface area contributed by atoms with Gasteiger partial charge in [0.15, 0.2) is 0 Å². The van der Waals surface area contributed by atoms with E-state index >= 15 is 0 Å². The molecule has 0 aromatic heterocycles. The number of aliphatic hydroxyl groups is 1. The minimum absolute atomic E-state index is 0.0227. The van der Waals surface area contributed by atoms with Crippen LogP contribution in [0, 0.1) is 5.92 Å². The second-order valence-corrected chi connectivity index (χ2v) is 7.35. The number of carbonyl (C=O) groups is 1. The van der Waals surface area contributed by atoms with Gasteiger partial charge < -0.3 is 20.2 Å². The molecular formula is C21H35N3O2. The Labute approximate surface area is 158 Å². The van der Waals surface area contributed by atoms with Crippen molar-refractivity contribution in [3.63, 3.8) is 0 Å². The molecule has 0 aliphatic heterocycles. The predicted octanol–water partition coefficient (Wildman–Crippen LogP) is 3.49. The molecule has 0 saturated heterocycles. The minimum Gasteiger partial charge on any atom is -0.395 e. The lowest BCUT2D eigenvalue weighted by atomic mass is 9.87. The molecule has 0 unspecified atom stereocenters. The summed E-state index contributed by atoms with van der Waals surface area (Å²) in [7, 11) is 2.07. The van der Waals surface area contributed by atoms with Crippen LogP contribution >= 0.6 is 0 Å². The van der Waals surface area contributed by atoms with Gasteiger partial charge in [-0.2, -0.15) is 0 Å². The van der Waals surface area contributed by atoms with Gasteiger partial charge in [-0.1, -0.05) is 50.3 Å². The fourth-order valence-corrected chi connectivity index (χ4v) is 3.68. The highest BCUT2D eigenvalue weighted by Crippen LogP contribution is 2.26. The van der Waals surface area contributed by atoms with Crippen molar-refractivity contribution in [2.45, 2.75) is 44.9 Å². The number of para-hydroxylation sites is 1. The van der Waals surface area contributed by atoms with Crippen LogP contribution in [0.4, 0.5) is 10.5 Å². The monoisotopic (exact) mass is 361 g/mol. The van der Waals surface area contributed by atoms with Crippen molar-refractivity contribution in [1.29, 1.82) is 0 Å². The van der Waals surface area contributed by atoms with E-state index in [0.717, 1.165) is 31.8 Å². The number of nitrogens with zero attached hydrogens (tertiary/aromatic N) is 2. The summed E-state index contributed by atoms with van der Waals surface area (Å²) in [4.78, 5) is 16.4. The normalized spacial score (nSPS) is 14.8. The Kier molecular flexibility index (Phi) is 9.32. The van der Waals surface area contributed by atoms with Gasteiger partial charge in [0.25, 0.3) is 0 Å². The molecule has 5 heteroatoms. The van der Waals surface area contributed by atoms with E-state index < -0.39 is 0 Å². The van der Waals surface area contributed by atoms with Gasteiger partial charge in [-0.25, -0.2) is 4.79 Å². The summed E-state index contributed by atoms with van der Waals surface area (Å²) < 4.78 is 0. The molecule has 1 aromatic carbocycles. The van der Waals surface area contributed by atoms with Gasteiger partial charge in [-0.05, 0) is 30.9 Å². The summed E-state index contributed by atoms with van der Waals surface area (Å²) in [6.45, 7) is 2.74. The number of amides is 2. The van der Waals surface area contributed by atoms with E-state index in [1.165, 1.54) is 37.8 Å². The first-order chi connectivity index (χ1) is 12.7. The molecule has 1 saturated carbocycles. The second kappa shape index (κ2) is 11.8. The molecule has 0 heterocycles. The molecule has 1 aliphatic rings. The Hall–Kier alpha value is -1.75. The number of hydrogen-bond donors (Lipinski definition) is 2. The van der Waals surface area contributed by atoms with E-state index in [4.69, 9.17) is 0 Å². The lowest BCUT2D eigenvalue weighted by Crippen LogP contribution is -2.43. The van der Waals surface area contributed by atoms with Crippen molar-refractivity contribution in [3.05, 3.63) is 30.3 Å². The summed E-state index contributed by atoms with van der Waals surface area (Å²) in [6, 6.07) is 10.2. The van der Waals surface area contributed by atoms with Crippen molar-refractivity contribution in [2.24, 2.45) is 5.92 Å². The average molecular weight is 362 g/mol. The van der Waals surface area contributed by atoms with Crippen molar-refractivity contribution in [1.82, 2.24) is 10.2 Å². The maximum absolute atomic E-state index is 12.4. The number of anilines is 1. The van der Waals surface area contributed by atoms with Gasteiger partial charge in [-0.15, -0.1) is 0 Å². The van der Waals surface area contributed by atoms with E-state index in [-0.39, 0.29) is 12.6 Å². The Balaban J connectivity index is 1.66. The topological polar surface area (TPSA) is 55.8 Å². The van der Waals surface area contributed by atoms with E-state index in [1.807, 2.05) is 18.2 Å². The summed E-state index contributed by atoms with van der Waals surface area (Å²) in [5.74, 6) is 0.747. The van der Waals surface area contributed by atoms with Crippen LogP contribution in [0.25, 0.3) is 0 Å². The van der Waals surface area contributed by atoms with Crippen LogP contribution in [0.3, 0.4) is 0 Å². The van der Waals surface area contributed by atoms with Crippen LogP contribution < -0.4 is 10.2 Å². The highest BCUT2D eigenvalue weighted by atomic mass is 16.3. The van der Waals surface area contributed by atoms with E-state index in [0.29, 0.717) is 13.1 Å². The largest absolute Gasteiger partial charge is 0.395 e. The first kappa shape index (κ1) is 20.6. The first-order valence-corrected chi connectivity index (χ1v) is 10.1. The van der Waals surface area contributed by atoms with Gasteiger partial charge in [-0.3, -0.25) is 0 Å². The van der Waals surface area contributed by atoms with Crippen molar-refractivity contribution in [2.75, 3.05) is 44.7 Å². The maximum atomic E-state index is 12.4. The average Bonchev–Trinajstić information content (AvgIpc) is 2.69. The number of benzene rings is 1. The fraction of sp³-hybridized carbons (Fsp3) is 0.667. The summed E-state index contributed by atoms with van der Waals surface area (Å²) in [6.07, 6.45) is 8.55. The third-order valence-electron chi connectivity index (χ3n) is 5.33. The minimum atomic E-state index is -0.0442. The standard InChI is InChI=1S/C21H35N3O2/c1-23(20-11-6-3-7-12-20)15-8-14-22-21(26)24(17-18-25)16-13-19-9-4-2-5-10-19/h3,6-7,11-12,19,25H,2,4-5,8-10,13-18H2,1H3,(H,22,26). The van der Waals surface area contributed by atoms with E-state index in [9.17, 15) is 9.90 Å². The lowest BCUT2D eigenvalue weighted by Gasteiger charge is -2.27. The quantitative estimate of drug-likeness (QED) is 0.627. The van der Waals surface area contributed by atoms with Gasteiger partial charge in [0.2, 0.25) is 0 Å². The van der Waals surface area contributed by atoms with Crippen LogP contribution in [0.5, 0.6) is 0 Å². The molecule has 26 heavy (non-hydrogen) atoms. The van der Waals surface area contributed by atoms with Crippen molar-refractivity contribution < 1.29 is 9.90 Å². The molecule has 1 fully saturated rings. The number of aliphatic hydroxyl groups excluding tert-OH is 1. The molecule has 0 spiro atoms. The van der Waals surface area contributed by atoms with Crippen molar-refractivity contribution in [3.8, 4) is 0 Å². The van der Waals surface area contributed by atoms with Crippen LogP contribution in [0.2, 0.25) is 0 Å². The van der Waals surface area contributed by atoms with Crippen LogP contribution in [0.15, 0.2) is 30.3 Å². The zero-order chi connectivity index (χ0) is 18.6. The Morgan fingerprint density at radius 3 is 2.54 bits per heavy atom. The lowest BCUT2D eigenvalue weighted by molar-refractivity contribution is 0.169. The zero-order valence-electron chi connectivity index (χ0n) is 16.2. The molecular weight excluding hydrogens is 326 g/mol. The number of hydrogen-bond acceptors (Lipinski definition) is 3. The third-order valence-corrected chi connectivity index (χ3v) is 5.33.